The molecule has 4 saturated carbocycles. The highest BCUT2D eigenvalue weighted by atomic mass is 19.1. The Bertz CT molecular complexity index is 1260. The minimum absolute atomic E-state index is 0.0238. The zero-order valence-corrected chi connectivity index (χ0v) is 17.4. The van der Waals surface area contributed by atoms with E-state index in [2.05, 4.69) is 30.5 Å². The van der Waals surface area contributed by atoms with Gasteiger partial charge in [-0.2, -0.15) is 5.10 Å². The van der Waals surface area contributed by atoms with Crippen LogP contribution in [0.3, 0.4) is 0 Å². The molecule has 0 spiro atoms. The first-order chi connectivity index (χ1) is 15.9. The number of alkyl halides is 1. The zero-order valence-electron chi connectivity index (χ0n) is 17.4. The van der Waals surface area contributed by atoms with Crippen molar-refractivity contribution < 1.29 is 23.1 Å². The predicted octanol–water partition coefficient (Wildman–Crippen LogP) is 3.82. The number of hydrogen-bond acceptors (Lipinski definition) is 6. The summed E-state index contributed by atoms with van der Waals surface area (Å²) in [5, 5.41) is 20.0. The summed E-state index contributed by atoms with van der Waals surface area (Å²) >= 11 is 0. The fourth-order valence-corrected chi connectivity index (χ4v) is 5.58. The third-order valence-electron chi connectivity index (χ3n) is 7.35. The first-order valence-electron chi connectivity index (χ1n) is 11.1. The number of pyridine rings is 1. The summed E-state index contributed by atoms with van der Waals surface area (Å²) in [5.41, 5.74) is 0.396. The Kier molecular flexibility index (Phi) is 4.56. The number of aromatic nitrogens is 5. The third-order valence-corrected chi connectivity index (χ3v) is 7.35. The molecule has 7 rings (SSSR count). The van der Waals surface area contributed by atoms with Crippen LogP contribution in [0.4, 0.5) is 19.0 Å². The minimum atomic E-state index is -1.20. The Labute approximate surface area is 186 Å². The topological polar surface area (TPSA) is 117 Å². The van der Waals surface area contributed by atoms with E-state index >= 15 is 4.39 Å². The maximum absolute atomic E-state index is 15.5. The lowest BCUT2D eigenvalue weighted by atomic mass is 9.61. The van der Waals surface area contributed by atoms with Gasteiger partial charge in [0.15, 0.2) is 23.1 Å². The Morgan fingerprint density at radius 1 is 1.15 bits per heavy atom. The van der Waals surface area contributed by atoms with Crippen molar-refractivity contribution in [1.82, 2.24) is 25.1 Å². The number of hydrogen-bond donors (Lipinski definition) is 3. The second kappa shape index (κ2) is 7.39. The Morgan fingerprint density at radius 3 is 2.58 bits per heavy atom. The van der Waals surface area contributed by atoms with E-state index in [1.54, 1.807) is 0 Å². The summed E-state index contributed by atoms with van der Waals surface area (Å²) in [4.78, 5) is 24.5. The summed E-state index contributed by atoms with van der Waals surface area (Å²) in [6.07, 6.45) is 3.38. The van der Waals surface area contributed by atoms with Gasteiger partial charge in [0.1, 0.15) is 17.7 Å². The highest BCUT2D eigenvalue weighted by Gasteiger charge is 2.48. The number of nitrogens with one attached hydrogen (secondary N) is 2. The van der Waals surface area contributed by atoms with Crippen molar-refractivity contribution in [3.8, 4) is 11.5 Å². The summed E-state index contributed by atoms with van der Waals surface area (Å²) in [6, 6.07) is 0.731. The highest BCUT2D eigenvalue weighted by molar-refractivity contribution is 5.88. The molecule has 2 unspecified atom stereocenters. The van der Waals surface area contributed by atoms with Crippen LogP contribution in [0.2, 0.25) is 0 Å². The monoisotopic (exact) mass is 458 g/mol. The molecule has 0 aliphatic heterocycles. The van der Waals surface area contributed by atoms with Crippen LogP contribution in [0.15, 0.2) is 12.3 Å². The normalized spacial score (nSPS) is 30.5. The zero-order chi connectivity index (χ0) is 22.9. The number of carboxylic acids is 1. The quantitative estimate of drug-likeness (QED) is 0.532. The lowest BCUT2D eigenvalue weighted by Crippen LogP contribution is -2.51. The molecule has 0 radical (unpaired) electrons. The summed E-state index contributed by atoms with van der Waals surface area (Å²) < 4.78 is 43.2. The summed E-state index contributed by atoms with van der Waals surface area (Å²) in [5.74, 6) is -3.66. The number of aromatic amines is 1. The van der Waals surface area contributed by atoms with Crippen LogP contribution >= 0.6 is 0 Å². The largest absolute Gasteiger partial charge is 0.481 e. The van der Waals surface area contributed by atoms with Crippen LogP contribution in [-0.4, -0.2) is 48.4 Å². The van der Waals surface area contributed by atoms with Gasteiger partial charge in [0, 0.05) is 12.0 Å². The molecule has 2 bridgehead atoms. The van der Waals surface area contributed by atoms with Crippen molar-refractivity contribution in [3.63, 3.8) is 0 Å². The van der Waals surface area contributed by atoms with E-state index in [1.807, 2.05) is 0 Å². The van der Waals surface area contributed by atoms with Gasteiger partial charge in [0.25, 0.3) is 0 Å². The Morgan fingerprint density at radius 2 is 1.88 bits per heavy atom. The van der Waals surface area contributed by atoms with Crippen molar-refractivity contribution in [1.29, 1.82) is 0 Å². The maximum atomic E-state index is 15.5. The molecule has 4 aliphatic rings. The van der Waals surface area contributed by atoms with Crippen LogP contribution in [-0.2, 0) is 4.79 Å². The number of halogens is 3. The van der Waals surface area contributed by atoms with Crippen molar-refractivity contribution in [2.24, 2.45) is 17.8 Å². The molecule has 0 amide bonds. The van der Waals surface area contributed by atoms with E-state index in [0.29, 0.717) is 5.39 Å². The van der Waals surface area contributed by atoms with Gasteiger partial charge in [0.05, 0.1) is 23.2 Å². The fraction of sp³-hybridized carbons (Fsp3) is 0.500. The molecule has 4 fully saturated rings. The number of carbonyl (C=O) groups is 1. The van der Waals surface area contributed by atoms with Crippen molar-refractivity contribution in [2.45, 2.75) is 50.2 Å². The molecule has 3 heterocycles. The second-order valence-electron chi connectivity index (χ2n) is 9.29. The molecule has 4 aliphatic carbocycles. The molecule has 3 aromatic heterocycles. The molecular weight excluding hydrogens is 437 g/mol. The molecule has 0 aromatic carbocycles. The van der Waals surface area contributed by atoms with Gasteiger partial charge in [0.2, 0.25) is 0 Å². The molecule has 4 atom stereocenters. The van der Waals surface area contributed by atoms with Crippen LogP contribution in [0.25, 0.3) is 22.6 Å². The molecule has 33 heavy (non-hydrogen) atoms. The first-order valence-corrected chi connectivity index (χ1v) is 11.1. The van der Waals surface area contributed by atoms with E-state index in [1.165, 1.54) is 6.07 Å². The number of anilines is 1. The van der Waals surface area contributed by atoms with E-state index < -0.39 is 41.7 Å². The van der Waals surface area contributed by atoms with Gasteiger partial charge in [-0.3, -0.25) is 9.89 Å². The molecule has 0 saturated heterocycles. The molecule has 3 aromatic rings. The average molecular weight is 458 g/mol. The van der Waals surface area contributed by atoms with Gasteiger partial charge in [-0.25, -0.2) is 28.1 Å². The lowest BCUT2D eigenvalue weighted by molar-refractivity contribution is -0.148. The summed E-state index contributed by atoms with van der Waals surface area (Å²) in [6.45, 7) is 0. The molecule has 11 heteroatoms. The van der Waals surface area contributed by atoms with Crippen LogP contribution in [0.1, 0.15) is 43.7 Å². The molecule has 8 nitrogen and oxygen atoms in total. The SMILES string of the molecule is O=C(O)[C@H]1C2CCC(CC2)[C@@H]1Nc1nc(-c2[nH]nc3ncc(F)cc23)nc(C2CC2F)c1F. The number of carboxylic acid groups (broad SMARTS) is 1. The third kappa shape index (κ3) is 3.32. The van der Waals surface area contributed by atoms with Gasteiger partial charge >= 0.3 is 5.97 Å². The van der Waals surface area contributed by atoms with Crippen LogP contribution in [0.5, 0.6) is 0 Å². The van der Waals surface area contributed by atoms with Crippen LogP contribution < -0.4 is 5.32 Å². The second-order valence-corrected chi connectivity index (χ2v) is 9.29. The van der Waals surface area contributed by atoms with E-state index in [4.69, 9.17) is 0 Å². The number of aliphatic carboxylic acids is 1. The van der Waals surface area contributed by atoms with Crippen molar-refractivity contribution in [3.05, 3.63) is 29.6 Å². The van der Waals surface area contributed by atoms with E-state index in [9.17, 15) is 18.7 Å². The first kappa shape index (κ1) is 20.4. The number of fused-ring (bicyclic) bond motifs is 4. The van der Waals surface area contributed by atoms with Crippen molar-refractivity contribution in [2.75, 3.05) is 5.32 Å². The predicted molar refractivity (Wildman–Crippen MR) is 111 cm³/mol. The Balaban J connectivity index is 1.45. The average Bonchev–Trinajstić information content (AvgIpc) is 3.38. The van der Waals surface area contributed by atoms with Gasteiger partial charge in [-0.15, -0.1) is 0 Å². The standard InChI is InChI=1S/C22H21F3N6O2/c23-10-5-12-18(30-31-19(12)26-7-10)21-28-17(11-6-13(11)24)15(25)20(29-21)27-16-9-3-1-8(2-4-9)14(16)22(32)33/h5,7-9,11,13-14,16H,1-4,6H2,(H,32,33)(H,26,30,31)(H,27,28,29)/t8?,9?,11?,13?,14-,16-/m0/s1. The van der Waals surface area contributed by atoms with E-state index in [-0.39, 0.29) is 46.9 Å². The highest BCUT2D eigenvalue weighted by Crippen LogP contribution is 2.48. The van der Waals surface area contributed by atoms with Crippen molar-refractivity contribution >= 4 is 22.8 Å². The van der Waals surface area contributed by atoms with E-state index in [0.717, 1.165) is 31.9 Å². The smallest absolute Gasteiger partial charge is 0.308 e. The number of nitrogens with zero attached hydrogens (tertiary/aromatic N) is 4. The van der Waals surface area contributed by atoms with Gasteiger partial charge in [-0.1, -0.05) is 0 Å². The van der Waals surface area contributed by atoms with Gasteiger partial charge in [-0.05, 0) is 50.0 Å². The Hall–Kier alpha value is -3.24. The van der Waals surface area contributed by atoms with Crippen LogP contribution in [0, 0.1) is 29.4 Å². The molecular formula is C22H21F3N6O2. The maximum Gasteiger partial charge on any atom is 0.308 e. The number of rotatable bonds is 5. The number of H-pyrrole nitrogens is 1. The fourth-order valence-electron chi connectivity index (χ4n) is 5.58. The summed E-state index contributed by atoms with van der Waals surface area (Å²) in [7, 11) is 0. The molecule has 172 valence electrons. The minimum Gasteiger partial charge on any atom is -0.481 e. The lowest BCUT2D eigenvalue weighted by Gasteiger charge is -2.47. The molecule has 3 N–H and O–H groups in total. The van der Waals surface area contributed by atoms with Gasteiger partial charge < -0.3 is 10.4 Å².